The van der Waals surface area contributed by atoms with E-state index in [1.807, 2.05) is 53.5 Å². The summed E-state index contributed by atoms with van der Waals surface area (Å²) in [6.07, 6.45) is 3.63. The second-order valence-electron chi connectivity index (χ2n) is 8.77. The molecule has 0 bridgehead atoms. The fourth-order valence-corrected chi connectivity index (χ4v) is 4.13. The molecule has 2 rings (SSSR count). The molecule has 0 spiro atoms. The monoisotopic (exact) mass is 638 g/mol. The zero-order chi connectivity index (χ0) is 27.8. The van der Waals surface area contributed by atoms with Crippen LogP contribution in [0.15, 0.2) is 64.8 Å². The summed E-state index contributed by atoms with van der Waals surface area (Å²) < 4.78 is 35.5. The van der Waals surface area contributed by atoms with Crippen LogP contribution in [0.4, 0.5) is 0 Å². The van der Waals surface area contributed by atoms with Crippen LogP contribution in [0.3, 0.4) is 0 Å². The van der Waals surface area contributed by atoms with Gasteiger partial charge in [-0.3, -0.25) is 0 Å². The Morgan fingerprint density at radius 1 is 1.08 bits per heavy atom. The molecule has 0 N–H and O–H groups in total. The second kappa shape index (κ2) is 18.0. The van der Waals surface area contributed by atoms with E-state index in [-0.39, 0.29) is 12.9 Å². The molecule has 0 aliphatic carbocycles. The van der Waals surface area contributed by atoms with E-state index in [0.29, 0.717) is 50.2 Å². The molecule has 2 aromatic rings. The smallest absolute Gasteiger partial charge is 0.342 e. The quantitative estimate of drug-likeness (QED) is 0.0594. The molecule has 0 unspecified atom stereocenters. The Balaban J connectivity index is 2.10. The van der Waals surface area contributed by atoms with Crippen LogP contribution in [0, 0.1) is 0 Å². The molecule has 0 amide bonds. The molecule has 2 atom stereocenters. The molecule has 38 heavy (non-hydrogen) atoms. The Labute approximate surface area is 240 Å². The van der Waals surface area contributed by atoms with Gasteiger partial charge in [0, 0.05) is 20.1 Å². The predicted octanol–water partition coefficient (Wildman–Crippen LogP) is 6.67. The van der Waals surface area contributed by atoms with Crippen LogP contribution in [0.25, 0.3) is 0 Å². The van der Waals surface area contributed by atoms with Gasteiger partial charge in [-0.15, -0.1) is 0 Å². The summed E-state index contributed by atoms with van der Waals surface area (Å²) in [5.41, 5.74) is 3.18. The highest BCUT2D eigenvalue weighted by Gasteiger charge is 2.25. The van der Waals surface area contributed by atoms with Crippen LogP contribution in [0.2, 0.25) is 0 Å². The van der Waals surface area contributed by atoms with Crippen molar-refractivity contribution in [3.05, 3.63) is 81.5 Å². The van der Waals surface area contributed by atoms with Crippen LogP contribution < -0.4 is 9.47 Å². The minimum absolute atomic E-state index is 0.127. The van der Waals surface area contributed by atoms with Crippen LogP contribution in [-0.4, -0.2) is 52.9 Å². The number of methoxy groups -OCH3 is 3. The highest BCUT2D eigenvalue weighted by molar-refractivity contribution is 14.1. The lowest BCUT2D eigenvalue weighted by Gasteiger charge is -2.25. The van der Waals surface area contributed by atoms with E-state index in [2.05, 4.69) is 29.2 Å². The van der Waals surface area contributed by atoms with Crippen LogP contribution in [-0.2, 0) is 32.0 Å². The highest BCUT2D eigenvalue weighted by Crippen LogP contribution is 2.27. The Kier molecular flexibility index (Phi) is 15.1. The first-order chi connectivity index (χ1) is 18.4. The van der Waals surface area contributed by atoms with Gasteiger partial charge in [0.1, 0.15) is 30.0 Å². The molecule has 0 aromatic heterocycles. The number of halogens is 1. The van der Waals surface area contributed by atoms with Gasteiger partial charge in [-0.2, -0.15) is 0 Å². The zero-order valence-electron chi connectivity index (χ0n) is 22.7. The number of carbonyl (C=O) groups is 1. The van der Waals surface area contributed by atoms with Gasteiger partial charge in [0.15, 0.2) is 0 Å². The molecule has 0 aliphatic heterocycles. The number of ether oxygens (including phenoxy) is 6. The van der Waals surface area contributed by atoms with Gasteiger partial charge in [-0.25, -0.2) is 4.79 Å². The maximum atomic E-state index is 13.5. The van der Waals surface area contributed by atoms with E-state index in [9.17, 15) is 4.79 Å². The van der Waals surface area contributed by atoms with Crippen LogP contribution >= 0.6 is 22.6 Å². The SMILES string of the molecule is C=C(C)[C@@H](C[C@H](CCCOCc1ccc(OC)cc1)OC(=O)c1c(C/C=C/I)cccc1OC)OCOC. The van der Waals surface area contributed by atoms with Gasteiger partial charge in [-0.1, -0.05) is 65.1 Å². The lowest BCUT2D eigenvalue weighted by Crippen LogP contribution is -2.28. The number of esters is 1. The van der Waals surface area contributed by atoms with Gasteiger partial charge in [0.05, 0.1) is 26.9 Å². The average Bonchev–Trinajstić information content (AvgIpc) is 2.93. The Bertz CT molecular complexity index is 1020. The van der Waals surface area contributed by atoms with Crippen molar-refractivity contribution in [1.82, 2.24) is 0 Å². The van der Waals surface area contributed by atoms with Crippen molar-refractivity contribution in [1.29, 1.82) is 0 Å². The maximum absolute atomic E-state index is 13.5. The first-order valence-electron chi connectivity index (χ1n) is 12.5. The minimum Gasteiger partial charge on any atom is -0.497 e. The first-order valence-corrected chi connectivity index (χ1v) is 13.8. The zero-order valence-corrected chi connectivity index (χ0v) is 24.9. The second-order valence-corrected chi connectivity index (χ2v) is 9.49. The lowest BCUT2D eigenvalue weighted by molar-refractivity contribution is -0.0739. The highest BCUT2D eigenvalue weighted by atomic mass is 127. The van der Waals surface area contributed by atoms with Gasteiger partial charge in [0.25, 0.3) is 0 Å². The third-order valence-electron chi connectivity index (χ3n) is 5.89. The molecule has 0 saturated carbocycles. The molecular weight excluding hydrogens is 599 g/mol. The summed E-state index contributed by atoms with van der Waals surface area (Å²) in [5.74, 6) is 0.878. The Morgan fingerprint density at radius 3 is 2.47 bits per heavy atom. The molecule has 0 saturated heterocycles. The van der Waals surface area contributed by atoms with E-state index in [1.165, 1.54) is 0 Å². The number of allylic oxidation sites excluding steroid dienone is 1. The summed E-state index contributed by atoms with van der Waals surface area (Å²) in [4.78, 5) is 13.5. The number of hydrogen-bond acceptors (Lipinski definition) is 7. The number of carbonyl (C=O) groups excluding carboxylic acids is 1. The molecule has 7 nitrogen and oxygen atoms in total. The fraction of sp³-hybridized carbons (Fsp3) is 0.433. The van der Waals surface area contributed by atoms with E-state index in [4.69, 9.17) is 28.4 Å². The molecule has 0 aliphatic rings. The van der Waals surface area contributed by atoms with Crippen molar-refractivity contribution < 1.29 is 33.2 Å². The van der Waals surface area contributed by atoms with Crippen molar-refractivity contribution in [2.75, 3.05) is 34.7 Å². The summed E-state index contributed by atoms with van der Waals surface area (Å²) in [6, 6.07) is 13.3. The average molecular weight is 639 g/mol. The third kappa shape index (κ3) is 10.8. The molecule has 8 heteroatoms. The summed E-state index contributed by atoms with van der Waals surface area (Å²) in [7, 11) is 4.77. The van der Waals surface area contributed by atoms with Crippen LogP contribution in [0.1, 0.15) is 47.7 Å². The Hall–Kier alpha value is -2.40. The van der Waals surface area contributed by atoms with Crippen molar-refractivity contribution in [3.8, 4) is 11.5 Å². The maximum Gasteiger partial charge on any atom is 0.342 e. The summed E-state index contributed by atoms with van der Waals surface area (Å²) in [5, 5.41) is 0. The van der Waals surface area contributed by atoms with E-state index < -0.39 is 12.1 Å². The largest absolute Gasteiger partial charge is 0.497 e. The third-order valence-corrected chi connectivity index (χ3v) is 6.40. The van der Waals surface area contributed by atoms with Crippen molar-refractivity contribution >= 4 is 28.6 Å². The summed E-state index contributed by atoms with van der Waals surface area (Å²) in [6.45, 7) is 7.09. The Morgan fingerprint density at radius 2 is 1.84 bits per heavy atom. The standard InChI is InChI=1S/C30H39IO7/c1-22(2)28(37-21-33-3)19-26(11-8-18-36-20-23-13-15-25(34-4)16-14-23)38-30(32)29-24(10-7-17-31)9-6-12-27(29)35-5/h6-7,9,12-17,26,28H,1,8,10-11,18-21H2,2-5H3/b17-7+/t26-,28+/m0/s1. The molecule has 0 heterocycles. The number of rotatable bonds is 18. The topological polar surface area (TPSA) is 72.5 Å². The lowest BCUT2D eigenvalue weighted by atomic mass is 10.0. The number of hydrogen-bond donors (Lipinski definition) is 0. The normalized spacial score (nSPS) is 12.8. The fourth-order valence-electron chi connectivity index (χ4n) is 3.88. The molecule has 0 radical (unpaired) electrons. The van der Waals surface area contributed by atoms with Crippen molar-refractivity contribution in [2.24, 2.45) is 0 Å². The van der Waals surface area contributed by atoms with E-state index >= 15 is 0 Å². The van der Waals surface area contributed by atoms with Gasteiger partial charge < -0.3 is 28.4 Å². The molecule has 2 aromatic carbocycles. The first kappa shape index (κ1) is 31.8. The number of benzene rings is 2. The van der Waals surface area contributed by atoms with Gasteiger partial charge >= 0.3 is 5.97 Å². The summed E-state index contributed by atoms with van der Waals surface area (Å²) >= 11 is 2.16. The predicted molar refractivity (Wildman–Crippen MR) is 157 cm³/mol. The van der Waals surface area contributed by atoms with E-state index in [0.717, 1.165) is 22.4 Å². The molecule has 0 fully saturated rings. The van der Waals surface area contributed by atoms with Gasteiger partial charge in [0.2, 0.25) is 0 Å². The minimum atomic E-state index is -0.421. The van der Waals surface area contributed by atoms with E-state index in [1.54, 1.807) is 27.4 Å². The molecular formula is C30H39IO7. The van der Waals surface area contributed by atoms with Crippen molar-refractivity contribution in [3.63, 3.8) is 0 Å². The van der Waals surface area contributed by atoms with Crippen molar-refractivity contribution in [2.45, 2.75) is 51.4 Å². The van der Waals surface area contributed by atoms with Crippen LogP contribution in [0.5, 0.6) is 11.5 Å². The van der Waals surface area contributed by atoms with Gasteiger partial charge in [-0.05, 0) is 59.6 Å². The molecule has 208 valence electrons.